The average Bonchev–Trinajstić information content (AvgIpc) is 2.03. The van der Waals surface area contributed by atoms with Crippen LogP contribution in [0.1, 0.15) is 11.4 Å². The molecule has 1 rings (SSSR count). The Kier molecular flexibility index (Phi) is 2.52. The molecule has 0 spiro atoms. The molecule has 0 saturated carbocycles. The average molecular weight is 197 g/mol. The van der Waals surface area contributed by atoms with E-state index in [0.29, 0.717) is 6.20 Å². The van der Waals surface area contributed by atoms with Gasteiger partial charge in [0.2, 0.25) is 0 Å². The number of alkyl halides is 4. The van der Waals surface area contributed by atoms with Crippen molar-refractivity contribution in [1.29, 1.82) is 0 Å². The molecule has 0 aliphatic heterocycles. The second-order valence-electron chi connectivity index (χ2n) is 2.03. The van der Waals surface area contributed by atoms with Crippen LogP contribution in [-0.4, -0.2) is 9.97 Å². The molecule has 0 aromatic carbocycles. The molecule has 0 bridgehead atoms. The van der Waals surface area contributed by atoms with E-state index in [-0.39, 0.29) is 11.6 Å². The van der Waals surface area contributed by atoms with Gasteiger partial charge in [-0.25, -0.2) is 4.98 Å². The molecule has 0 N–H and O–H groups in total. The van der Waals surface area contributed by atoms with Gasteiger partial charge in [0.25, 0.3) is 0 Å². The summed E-state index contributed by atoms with van der Waals surface area (Å²) < 4.78 is 35.9. The molecule has 0 fully saturated rings. The van der Waals surface area contributed by atoms with Crippen LogP contribution < -0.4 is 0 Å². The number of hydrogen-bond acceptors (Lipinski definition) is 2. The molecule has 2 nitrogen and oxygen atoms in total. The zero-order valence-electron chi connectivity index (χ0n) is 5.77. The lowest BCUT2D eigenvalue weighted by atomic mass is 10.4. The van der Waals surface area contributed by atoms with Gasteiger partial charge in [0.1, 0.15) is 0 Å². The van der Waals surface area contributed by atoms with E-state index in [2.05, 4.69) is 9.97 Å². The maximum absolute atomic E-state index is 12.0. The van der Waals surface area contributed by atoms with Crippen LogP contribution in [0.15, 0.2) is 12.4 Å². The highest BCUT2D eigenvalue weighted by Gasteiger charge is 2.32. The zero-order chi connectivity index (χ0) is 9.19. The summed E-state index contributed by atoms with van der Waals surface area (Å²) in [6.45, 7) is 0. The summed E-state index contributed by atoms with van der Waals surface area (Å²) in [5, 5.41) is 0. The Labute approximate surface area is 71.4 Å². The summed E-state index contributed by atoms with van der Waals surface area (Å²) in [6, 6.07) is 0. The summed E-state index contributed by atoms with van der Waals surface area (Å²) in [6.07, 6.45) is -2.59. The lowest BCUT2D eigenvalue weighted by Crippen LogP contribution is -2.09. The van der Waals surface area contributed by atoms with E-state index in [1.54, 1.807) is 0 Å². The van der Waals surface area contributed by atoms with Crippen molar-refractivity contribution >= 4 is 11.6 Å². The fourth-order valence-electron chi connectivity index (χ4n) is 0.607. The molecular formula is C6H4ClF3N2. The number of hydrogen-bond donors (Lipinski definition) is 0. The molecule has 66 valence electrons. The SMILES string of the molecule is FC(F)(F)c1cncc(CCl)n1. The van der Waals surface area contributed by atoms with Crippen molar-refractivity contribution in [2.45, 2.75) is 12.1 Å². The highest BCUT2D eigenvalue weighted by atomic mass is 35.5. The van der Waals surface area contributed by atoms with Gasteiger partial charge in [-0.2, -0.15) is 13.2 Å². The van der Waals surface area contributed by atoms with Crippen LogP contribution in [-0.2, 0) is 12.1 Å². The summed E-state index contributed by atoms with van der Waals surface area (Å²) in [5.74, 6) is -0.0725. The Morgan fingerprint density at radius 3 is 2.50 bits per heavy atom. The zero-order valence-corrected chi connectivity index (χ0v) is 6.52. The molecular weight excluding hydrogens is 193 g/mol. The predicted molar refractivity (Wildman–Crippen MR) is 36.6 cm³/mol. The second-order valence-corrected chi connectivity index (χ2v) is 2.29. The Balaban J connectivity index is 3.02. The van der Waals surface area contributed by atoms with Gasteiger partial charge in [-0.1, -0.05) is 0 Å². The monoisotopic (exact) mass is 196 g/mol. The van der Waals surface area contributed by atoms with Crippen molar-refractivity contribution in [3.8, 4) is 0 Å². The minimum absolute atomic E-state index is 0.0725. The van der Waals surface area contributed by atoms with Crippen molar-refractivity contribution in [1.82, 2.24) is 9.97 Å². The number of nitrogens with zero attached hydrogens (tertiary/aromatic N) is 2. The van der Waals surface area contributed by atoms with Crippen LogP contribution in [0.25, 0.3) is 0 Å². The van der Waals surface area contributed by atoms with E-state index in [4.69, 9.17) is 11.6 Å². The molecule has 0 atom stereocenters. The molecule has 12 heavy (non-hydrogen) atoms. The van der Waals surface area contributed by atoms with Crippen molar-refractivity contribution in [2.24, 2.45) is 0 Å². The van der Waals surface area contributed by atoms with Gasteiger partial charge in [0.15, 0.2) is 5.69 Å². The van der Waals surface area contributed by atoms with E-state index in [1.165, 1.54) is 6.20 Å². The Morgan fingerprint density at radius 2 is 2.00 bits per heavy atom. The molecule has 0 amide bonds. The van der Waals surface area contributed by atoms with E-state index >= 15 is 0 Å². The topological polar surface area (TPSA) is 25.8 Å². The van der Waals surface area contributed by atoms with Gasteiger partial charge >= 0.3 is 6.18 Å². The van der Waals surface area contributed by atoms with Crippen LogP contribution in [0, 0.1) is 0 Å². The first-order valence-corrected chi connectivity index (χ1v) is 3.51. The molecule has 0 saturated heterocycles. The smallest absolute Gasteiger partial charge is 0.261 e. The predicted octanol–water partition coefficient (Wildman–Crippen LogP) is 2.23. The minimum atomic E-state index is -4.45. The molecule has 0 aliphatic rings. The lowest BCUT2D eigenvalue weighted by molar-refractivity contribution is -0.141. The summed E-state index contributed by atoms with van der Waals surface area (Å²) in [7, 11) is 0. The van der Waals surface area contributed by atoms with Gasteiger partial charge < -0.3 is 0 Å². The second kappa shape index (κ2) is 3.26. The summed E-state index contributed by atoms with van der Waals surface area (Å²) in [5.41, 5.74) is -0.896. The largest absolute Gasteiger partial charge is 0.434 e. The minimum Gasteiger partial charge on any atom is -0.261 e. The Morgan fingerprint density at radius 1 is 1.33 bits per heavy atom. The number of halogens is 4. The summed E-state index contributed by atoms with van der Waals surface area (Å²) >= 11 is 5.28. The number of aromatic nitrogens is 2. The Hall–Kier alpha value is -0.840. The number of rotatable bonds is 1. The fraction of sp³-hybridized carbons (Fsp3) is 0.333. The Bertz CT molecular complexity index is 274. The molecule has 0 radical (unpaired) electrons. The van der Waals surface area contributed by atoms with Crippen molar-refractivity contribution in [2.75, 3.05) is 0 Å². The maximum Gasteiger partial charge on any atom is 0.434 e. The third kappa shape index (κ3) is 2.07. The maximum atomic E-state index is 12.0. The van der Waals surface area contributed by atoms with Crippen molar-refractivity contribution in [3.63, 3.8) is 0 Å². The van der Waals surface area contributed by atoms with Crippen molar-refractivity contribution in [3.05, 3.63) is 23.8 Å². The first-order chi connectivity index (χ1) is 5.54. The van der Waals surface area contributed by atoms with Gasteiger partial charge in [0, 0.05) is 6.20 Å². The summed E-state index contributed by atoms with van der Waals surface area (Å²) in [4.78, 5) is 6.60. The highest BCUT2D eigenvalue weighted by molar-refractivity contribution is 6.16. The lowest BCUT2D eigenvalue weighted by Gasteiger charge is -2.04. The third-order valence-corrected chi connectivity index (χ3v) is 1.39. The van der Waals surface area contributed by atoms with Gasteiger partial charge in [-0.15, -0.1) is 11.6 Å². The van der Waals surface area contributed by atoms with E-state index in [0.717, 1.165) is 0 Å². The molecule has 0 unspecified atom stereocenters. The van der Waals surface area contributed by atoms with E-state index in [9.17, 15) is 13.2 Å². The van der Waals surface area contributed by atoms with Crippen molar-refractivity contribution < 1.29 is 13.2 Å². The van der Waals surface area contributed by atoms with Crippen LogP contribution in [0.5, 0.6) is 0 Å². The van der Waals surface area contributed by atoms with Gasteiger partial charge in [-0.05, 0) is 0 Å². The fourth-order valence-corrected chi connectivity index (χ4v) is 0.736. The molecule has 1 aromatic rings. The first-order valence-electron chi connectivity index (χ1n) is 2.98. The third-order valence-electron chi connectivity index (χ3n) is 1.11. The van der Waals surface area contributed by atoms with Gasteiger partial charge in [0.05, 0.1) is 17.8 Å². The van der Waals surface area contributed by atoms with E-state index < -0.39 is 11.9 Å². The normalized spacial score (nSPS) is 11.7. The van der Waals surface area contributed by atoms with Crippen LogP contribution in [0.2, 0.25) is 0 Å². The van der Waals surface area contributed by atoms with Crippen LogP contribution in [0.3, 0.4) is 0 Å². The molecule has 6 heteroatoms. The molecule has 0 aliphatic carbocycles. The molecule has 1 heterocycles. The first kappa shape index (κ1) is 9.25. The van der Waals surface area contributed by atoms with Crippen LogP contribution >= 0.6 is 11.6 Å². The van der Waals surface area contributed by atoms with Gasteiger partial charge in [-0.3, -0.25) is 4.98 Å². The van der Waals surface area contributed by atoms with Crippen LogP contribution in [0.4, 0.5) is 13.2 Å². The highest BCUT2D eigenvalue weighted by Crippen LogP contribution is 2.26. The molecule has 1 aromatic heterocycles. The van der Waals surface area contributed by atoms with E-state index in [1.807, 2.05) is 0 Å². The quantitative estimate of drug-likeness (QED) is 0.644. The standard InChI is InChI=1S/C6H4ClF3N2/c7-1-4-2-11-3-5(12-4)6(8,9)10/h2-3H,1H2.